The fourth-order valence-electron chi connectivity index (χ4n) is 7.06. The van der Waals surface area contributed by atoms with Gasteiger partial charge in [0.15, 0.2) is 0 Å². The number of amides is 3. The number of carbonyl (C=O) groups is 3. The smallest absolute Gasteiger partial charge is 0.257 e. The SMILES string of the molecule is CCN1CCN([C@H]2C[C@@H](COC3CCC(C)CC3)N(C(=O)Cc3cc(Cl)c(NC(=O)c4csc5ccccc45)cc3F)C2)CC1=O. The van der Waals surface area contributed by atoms with Crippen molar-refractivity contribution in [2.24, 2.45) is 5.92 Å². The van der Waals surface area contributed by atoms with Crippen LogP contribution in [0, 0.1) is 11.7 Å². The van der Waals surface area contributed by atoms with Crippen LogP contribution in [0.1, 0.15) is 61.9 Å². The number of halogens is 2. The summed E-state index contributed by atoms with van der Waals surface area (Å²) < 4.78 is 22.8. The average molecular weight is 669 g/mol. The van der Waals surface area contributed by atoms with Crippen molar-refractivity contribution in [3.05, 3.63) is 63.7 Å². The lowest BCUT2D eigenvalue weighted by Gasteiger charge is -2.37. The molecule has 1 N–H and O–H groups in total. The summed E-state index contributed by atoms with van der Waals surface area (Å²) >= 11 is 8.00. The molecular formula is C35H42ClFN4O4S. The number of carbonyl (C=O) groups excluding carboxylic acids is 3. The lowest BCUT2D eigenvalue weighted by Crippen LogP contribution is -2.54. The second kappa shape index (κ2) is 14.4. The highest BCUT2D eigenvalue weighted by Crippen LogP contribution is 2.32. The van der Waals surface area contributed by atoms with Crippen molar-refractivity contribution in [3.63, 3.8) is 0 Å². The Labute approximate surface area is 278 Å². The number of ether oxygens (including phenoxy) is 1. The minimum absolute atomic E-state index is 0.0334. The summed E-state index contributed by atoms with van der Waals surface area (Å²) in [5.41, 5.74) is 0.819. The van der Waals surface area contributed by atoms with E-state index in [0.717, 1.165) is 42.3 Å². The Kier molecular flexibility index (Phi) is 10.3. The summed E-state index contributed by atoms with van der Waals surface area (Å²) in [6.07, 6.45) is 5.06. The standard InChI is InChI=1S/C35H42ClFN4O4S/c1-3-39-12-13-40(19-34(39)43)24-16-25(20-45-26-10-8-22(2)9-11-26)41(18-24)33(42)15-23-14-29(36)31(17-30(23)37)38-35(44)28-21-46-32-7-5-4-6-27(28)32/h4-7,14,17,21-22,24-26H,3,8-13,15-16,18-20H2,1-2H3,(H,38,44)/t22?,24-,25-,26?/m0/s1. The van der Waals surface area contributed by atoms with Crippen LogP contribution in [-0.4, -0.2) is 89.9 Å². The van der Waals surface area contributed by atoms with Gasteiger partial charge in [0.25, 0.3) is 5.91 Å². The molecule has 2 aromatic carbocycles. The minimum Gasteiger partial charge on any atom is -0.376 e. The quantitative estimate of drug-likeness (QED) is 0.293. The molecule has 2 atom stereocenters. The van der Waals surface area contributed by atoms with Gasteiger partial charge in [-0.25, -0.2) is 4.39 Å². The normalized spacial score (nSPS) is 24.1. The molecule has 3 fully saturated rings. The van der Waals surface area contributed by atoms with E-state index >= 15 is 4.39 Å². The first kappa shape index (κ1) is 32.9. The lowest BCUT2D eigenvalue weighted by molar-refractivity contribution is -0.136. The van der Waals surface area contributed by atoms with E-state index in [-0.39, 0.29) is 58.6 Å². The second-order valence-electron chi connectivity index (χ2n) is 12.9. The van der Waals surface area contributed by atoms with E-state index in [1.807, 2.05) is 41.0 Å². The molecule has 0 bridgehead atoms. The van der Waals surface area contributed by atoms with Crippen molar-refractivity contribution in [3.8, 4) is 0 Å². The Morgan fingerprint density at radius 2 is 1.91 bits per heavy atom. The maximum absolute atomic E-state index is 15.5. The molecule has 3 heterocycles. The number of benzene rings is 2. The van der Waals surface area contributed by atoms with E-state index in [9.17, 15) is 14.4 Å². The van der Waals surface area contributed by atoms with E-state index < -0.39 is 5.82 Å². The molecule has 3 aromatic rings. The predicted octanol–water partition coefficient (Wildman–Crippen LogP) is 6.22. The molecule has 2 aliphatic heterocycles. The molecule has 0 spiro atoms. The maximum Gasteiger partial charge on any atom is 0.257 e. The van der Waals surface area contributed by atoms with Crippen molar-refractivity contribution >= 4 is 56.4 Å². The first-order valence-electron chi connectivity index (χ1n) is 16.4. The van der Waals surface area contributed by atoms with Crippen LogP contribution < -0.4 is 5.32 Å². The Hall–Kier alpha value is -3.05. The Balaban J connectivity index is 1.14. The molecule has 3 amide bonds. The van der Waals surface area contributed by atoms with Gasteiger partial charge in [0.1, 0.15) is 5.82 Å². The number of likely N-dealkylation sites (N-methyl/N-ethyl adjacent to an activating group) is 1. The van der Waals surface area contributed by atoms with Gasteiger partial charge in [-0.1, -0.05) is 36.7 Å². The zero-order chi connectivity index (χ0) is 32.4. The van der Waals surface area contributed by atoms with Crippen molar-refractivity contribution < 1.29 is 23.5 Å². The number of fused-ring (bicyclic) bond motifs is 1. The first-order valence-corrected chi connectivity index (χ1v) is 17.6. The van der Waals surface area contributed by atoms with Gasteiger partial charge in [0, 0.05) is 47.7 Å². The molecule has 0 radical (unpaired) electrons. The summed E-state index contributed by atoms with van der Waals surface area (Å²) in [6, 6.07) is 10.1. The molecule has 8 nitrogen and oxygen atoms in total. The number of piperazine rings is 1. The summed E-state index contributed by atoms with van der Waals surface area (Å²) in [4.78, 5) is 45.4. The van der Waals surface area contributed by atoms with E-state index in [1.165, 1.54) is 23.5 Å². The fraction of sp³-hybridized carbons (Fsp3) is 0.514. The van der Waals surface area contributed by atoms with Crippen LogP contribution >= 0.6 is 22.9 Å². The molecule has 1 aromatic heterocycles. The lowest BCUT2D eigenvalue weighted by atomic mass is 9.89. The van der Waals surface area contributed by atoms with Gasteiger partial charge in [-0.15, -0.1) is 11.3 Å². The van der Waals surface area contributed by atoms with E-state index in [2.05, 4.69) is 17.1 Å². The van der Waals surface area contributed by atoms with Crippen LogP contribution in [0.3, 0.4) is 0 Å². The predicted molar refractivity (Wildman–Crippen MR) is 180 cm³/mol. The van der Waals surface area contributed by atoms with Gasteiger partial charge in [0.2, 0.25) is 11.8 Å². The highest BCUT2D eigenvalue weighted by atomic mass is 35.5. The summed E-state index contributed by atoms with van der Waals surface area (Å²) in [7, 11) is 0. The zero-order valence-electron chi connectivity index (χ0n) is 26.5. The van der Waals surface area contributed by atoms with Crippen LogP contribution in [0.5, 0.6) is 0 Å². The van der Waals surface area contributed by atoms with Gasteiger partial charge < -0.3 is 19.9 Å². The third-order valence-corrected chi connectivity index (χ3v) is 11.2. The monoisotopic (exact) mass is 668 g/mol. The summed E-state index contributed by atoms with van der Waals surface area (Å²) in [5, 5.41) is 5.49. The minimum atomic E-state index is -0.607. The summed E-state index contributed by atoms with van der Waals surface area (Å²) in [6.45, 7) is 7.62. The van der Waals surface area contributed by atoms with E-state index in [1.54, 1.807) is 5.38 Å². The number of anilines is 1. The number of hydrogen-bond acceptors (Lipinski definition) is 6. The van der Waals surface area contributed by atoms with E-state index in [4.69, 9.17) is 16.3 Å². The molecule has 0 unspecified atom stereocenters. The molecule has 46 heavy (non-hydrogen) atoms. The average Bonchev–Trinajstić information content (AvgIpc) is 3.68. The Morgan fingerprint density at radius 3 is 2.67 bits per heavy atom. The first-order chi connectivity index (χ1) is 22.2. The topological polar surface area (TPSA) is 82.2 Å². The van der Waals surface area contributed by atoms with Gasteiger partial charge in [-0.05, 0) is 68.7 Å². The molecular weight excluding hydrogens is 627 g/mol. The molecule has 1 aliphatic carbocycles. The number of likely N-dealkylation sites (tertiary alicyclic amines) is 1. The highest BCUT2D eigenvalue weighted by molar-refractivity contribution is 7.17. The third kappa shape index (κ3) is 7.25. The van der Waals surface area contributed by atoms with E-state index in [0.29, 0.717) is 50.7 Å². The third-order valence-electron chi connectivity index (χ3n) is 9.90. The molecule has 3 aliphatic rings. The number of nitrogens with zero attached hydrogens (tertiary/aromatic N) is 3. The number of nitrogens with one attached hydrogen (secondary N) is 1. The fourth-order valence-corrected chi connectivity index (χ4v) is 8.24. The largest absolute Gasteiger partial charge is 0.376 e. The van der Waals surface area contributed by atoms with Crippen LogP contribution in [0.4, 0.5) is 10.1 Å². The molecule has 2 saturated heterocycles. The number of rotatable bonds is 9. The van der Waals surface area contributed by atoms with Crippen molar-refractivity contribution in [2.45, 2.75) is 70.6 Å². The Bertz CT molecular complexity index is 1590. The summed E-state index contributed by atoms with van der Waals surface area (Å²) in [5.74, 6) is -0.365. The van der Waals surface area contributed by atoms with Crippen molar-refractivity contribution in [1.82, 2.24) is 14.7 Å². The highest BCUT2D eigenvalue weighted by Gasteiger charge is 2.40. The molecule has 6 rings (SSSR count). The van der Waals surface area contributed by atoms with Crippen LogP contribution in [-0.2, 0) is 20.7 Å². The second-order valence-corrected chi connectivity index (χ2v) is 14.3. The van der Waals surface area contributed by atoms with Crippen LogP contribution in [0.2, 0.25) is 5.02 Å². The zero-order valence-corrected chi connectivity index (χ0v) is 28.0. The van der Waals surface area contributed by atoms with Crippen molar-refractivity contribution in [2.75, 3.05) is 44.6 Å². The molecule has 1 saturated carbocycles. The van der Waals surface area contributed by atoms with Crippen LogP contribution in [0.15, 0.2) is 41.8 Å². The van der Waals surface area contributed by atoms with Gasteiger partial charge >= 0.3 is 0 Å². The van der Waals surface area contributed by atoms with Gasteiger partial charge in [-0.3, -0.25) is 19.3 Å². The van der Waals surface area contributed by atoms with Gasteiger partial charge in [0.05, 0.1) is 48.0 Å². The van der Waals surface area contributed by atoms with Gasteiger partial charge in [-0.2, -0.15) is 0 Å². The number of thiophene rings is 1. The molecule has 246 valence electrons. The maximum atomic E-state index is 15.5. The van der Waals surface area contributed by atoms with Crippen molar-refractivity contribution in [1.29, 1.82) is 0 Å². The van der Waals surface area contributed by atoms with Crippen LogP contribution in [0.25, 0.3) is 10.1 Å². The number of hydrogen-bond donors (Lipinski definition) is 1. The Morgan fingerprint density at radius 1 is 1.13 bits per heavy atom. The molecule has 11 heteroatoms.